The van der Waals surface area contributed by atoms with Crippen LogP contribution in [0.25, 0.3) is 0 Å². The first-order chi connectivity index (χ1) is 11.6. The van der Waals surface area contributed by atoms with Gasteiger partial charge in [-0.15, -0.1) is 11.3 Å². The number of carbonyl (C=O) groups excluding carboxylic acids is 1. The topological polar surface area (TPSA) is 41.1 Å². The molecule has 6 heteroatoms. The summed E-state index contributed by atoms with van der Waals surface area (Å²) in [6.45, 7) is 0.705. The predicted molar refractivity (Wildman–Crippen MR) is 97.5 cm³/mol. The van der Waals surface area contributed by atoms with Crippen LogP contribution in [0.3, 0.4) is 0 Å². The second-order valence-corrected chi connectivity index (χ2v) is 6.54. The Hall–Kier alpha value is -2.37. The van der Waals surface area contributed by atoms with E-state index >= 15 is 0 Å². The number of amides is 1. The van der Waals surface area contributed by atoms with E-state index in [9.17, 15) is 9.18 Å². The molecule has 0 spiro atoms. The predicted octanol–water partition coefficient (Wildman–Crippen LogP) is 5.41. The summed E-state index contributed by atoms with van der Waals surface area (Å²) >= 11 is 7.40. The highest BCUT2D eigenvalue weighted by Crippen LogP contribution is 2.20. The van der Waals surface area contributed by atoms with Gasteiger partial charge in [-0.25, -0.2) is 4.39 Å². The maximum absolute atomic E-state index is 13.2. The quantitative estimate of drug-likeness (QED) is 0.639. The van der Waals surface area contributed by atoms with Gasteiger partial charge in [-0.1, -0.05) is 23.7 Å². The molecule has 3 aromatic rings. The summed E-state index contributed by atoms with van der Waals surface area (Å²) in [6.07, 6.45) is 0. The monoisotopic (exact) mass is 360 g/mol. The highest BCUT2D eigenvalue weighted by molar-refractivity contribution is 7.09. The smallest absolute Gasteiger partial charge is 0.255 e. The zero-order chi connectivity index (χ0) is 16.9. The van der Waals surface area contributed by atoms with Gasteiger partial charge in [0.1, 0.15) is 5.82 Å². The van der Waals surface area contributed by atoms with Crippen molar-refractivity contribution in [3.8, 4) is 0 Å². The number of nitrogens with one attached hydrogen (secondary N) is 2. The van der Waals surface area contributed by atoms with Crippen LogP contribution in [0.1, 0.15) is 15.2 Å². The Morgan fingerprint density at radius 3 is 2.71 bits per heavy atom. The summed E-state index contributed by atoms with van der Waals surface area (Å²) < 4.78 is 13.2. The van der Waals surface area contributed by atoms with E-state index in [4.69, 9.17) is 11.6 Å². The second-order valence-electron chi connectivity index (χ2n) is 5.10. The molecule has 3 rings (SSSR count). The number of benzene rings is 2. The highest BCUT2D eigenvalue weighted by atomic mass is 35.5. The molecule has 0 aliphatic rings. The Morgan fingerprint density at radius 2 is 1.96 bits per heavy atom. The summed E-state index contributed by atoms with van der Waals surface area (Å²) in [5, 5.41) is 7.98. The highest BCUT2D eigenvalue weighted by Gasteiger charge is 2.08. The molecule has 1 aromatic heterocycles. The number of anilines is 2. The lowest BCUT2D eigenvalue weighted by Crippen LogP contribution is -2.12. The average molecular weight is 361 g/mol. The molecule has 0 bridgehead atoms. The Balaban J connectivity index is 1.68. The Kier molecular flexibility index (Phi) is 5.13. The molecule has 24 heavy (non-hydrogen) atoms. The number of rotatable bonds is 5. The first-order valence-corrected chi connectivity index (χ1v) is 8.50. The zero-order valence-corrected chi connectivity index (χ0v) is 14.1. The molecular weight excluding hydrogens is 347 g/mol. The third kappa shape index (κ3) is 4.13. The van der Waals surface area contributed by atoms with Crippen LogP contribution in [-0.4, -0.2) is 5.91 Å². The molecular formula is C18H14ClFN2OS. The van der Waals surface area contributed by atoms with E-state index in [0.29, 0.717) is 17.8 Å². The van der Waals surface area contributed by atoms with Gasteiger partial charge in [0.05, 0.1) is 5.02 Å². The maximum atomic E-state index is 13.2. The lowest BCUT2D eigenvalue weighted by molar-refractivity contribution is 0.102. The largest absolute Gasteiger partial charge is 0.380 e. The van der Waals surface area contributed by atoms with Gasteiger partial charge in [0.25, 0.3) is 5.91 Å². The summed E-state index contributed by atoms with van der Waals surface area (Å²) in [4.78, 5) is 13.5. The van der Waals surface area contributed by atoms with Crippen molar-refractivity contribution in [2.24, 2.45) is 0 Å². The van der Waals surface area contributed by atoms with Crippen molar-refractivity contribution in [3.63, 3.8) is 0 Å². The van der Waals surface area contributed by atoms with Gasteiger partial charge in [-0.3, -0.25) is 4.79 Å². The SMILES string of the molecule is O=C(Nc1ccc(F)c(Cl)c1)c1cccc(NCc2cccs2)c1. The molecule has 0 saturated heterocycles. The van der Waals surface area contributed by atoms with Gasteiger partial charge >= 0.3 is 0 Å². The van der Waals surface area contributed by atoms with E-state index in [1.165, 1.54) is 23.1 Å². The third-order valence-electron chi connectivity index (χ3n) is 3.35. The molecule has 1 amide bonds. The van der Waals surface area contributed by atoms with Gasteiger partial charge in [-0.2, -0.15) is 0 Å². The van der Waals surface area contributed by atoms with Gasteiger partial charge in [0, 0.05) is 28.4 Å². The van der Waals surface area contributed by atoms with Crippen molar-refractivity contribution in [2.45, 2.75) is 6.54 Å². The van der Waals surface area contributed by atoms with Crippen molar-refractivity contribution in [1.29, 1.82) is 0 Å². The molecule has 0 unspecified atom stereocenters. The fourth-order valence-corrected chi connectivity index (χ4v) is 2.97. The molecule has 122 valence electrons. The van der Waals surface area contributed by atoms with Crippen molar-refractivity contribution >= 4 is 40.2 Å². The van der Waals surface area contributed by atoms with Crippen LogP contribution in [0.4, 0.5) is 15.8 Å². The van der Waals surface area contributed by atoms with E-state index in [-0.39, 0.29) is 10.9 Å². The van der Waals surface area contributed by atoms with Gasteiger partial charge in [0.2, 0.25) is 0 Å². The van der Waals surface area contributed by atoms with E-state index in [1.54, 1.807) is 23.5 Å². The summed E-state index contributed by atoms with van der Waals surface area (Å²) in [7, 11) is 0. The zero-order valence-electron chi connectivity index (χ0n) is 12.6. The first-order valence-electron chi connectivity index (χ1n) is 7.24. The minimum atomic E-state index is -0.519. The standard InChI is InChI=1S/C18H14ClFN2OS/c19-16-10-14(6-7-17(16)20)22-18(23)12-3-1-4-13(9-12)21-11-15-5-2-8-24-15/h1-10,21H,11H2,(H,22,23). The molecule has 0 aliphatic heterocycles. The molecule has 2 aromatic carbocycles. The lowest BCUT2D eigenvalue weighted by atomic mass is 10.1. The van der Waals surface area contributed by atoms with Crippen LogP contribution in [-0.2, 0) is 6.54 Å². The number of hydrogen-bond acceptors (Lipinski definition) is 3. The minimum Gasteiger partial charge on any atom is -0.380 e. The van der Waals surface area contributed by atoms with Crippen LogP contribution in [0, 0.1) is 5.82 Å². The number of hydrogen-bond donors (Lipinski definition) is 2. The Bertz CT molecular complexity index is 852. The van der Waals surface area contributed by atoms with E-state index in [2.05, 4.69) is 10.6 Å². The van der Waals surface area contributed by atoms with E-state index in [1.807, 2.05) is 29.6 Å². The van der Waals surface area contributed by atoms with Gasteiger partial charge in [-0.05, 0) is 47.8 Å². The minimum absolute atomic E-state index is 0.0286. The van der Waals surface area contributed by atoms with E-state index in [0.717, 1.165) is 5.69 Å². The van der Waals surface area contributed by atoms with E-state index < -0.39 is 5.82 Å². The molecule has 0 aliphatic carbocycles. The fourth-order valence-electron chi connectivity index (χ4n) is 2.15. The van der Waals surface area contributed by atoms with Crippen molar-refractivity contribution in [2.75, 3.05) is 10.6 Å². The second kappa shape index (κ2) is 7.47. The van der Waals surface area contributed by atoms with Gasteiger partial charge < -0.3 is 10.6 Å². The molecule has 0 radical (unpaired) electrons. The Labute approximate surface area is 148 Å². The Morgan fingerprint density at radius 1 is 1.08 bits per heavy atom. The molecule has 0 atom stereocenters. The number of thiophene rings is 1. The van der Waals surface area contributed by atoms with Gasteiger partial charge in [0.15, 0.2) is 0 Å². The van der Waals surface area contributed by atoms with Crippen molar-refractivity contribution in [3.05, 3.63) is 81.3 Å². The third-order valence-corrected chi connectivity index (χ3v) is 4.52. The fraction of sp³-hybridized carbons (Fsp3) is 0.0556. The molecule has 0 fully saturated rings. The summed E-state index contributed by atoms with van der Waals surface area (Å²) in [5.41, 5.74) is 1.81. The molecule has 3 nitrogen and oxygen atoms in total. The number of carbonyl (C=O) groups is 1. The first kappa shape index (κ1) is 16.5. The van der Waals surface area contributed by atoms with Crippen molar-refractivity contribution in [1.82, 2.24) is 0 Å². The average Bonchev–Trinajstić information content (AvgIpc) is 3.10. The summed E-state index contributed by atoms with van der Waals surface area (Å²) in [6, 6.07) is 15.3. The van der Waals surface area contributed by atoms with Crippen LogP contribution in [0.5, 0.6) is 0 Å². The van der Waals surface area contributed by atoms with Crippen LogP contribution in [0.15, 0.2) is 60.0 Å². The van der Waals surface area contributed by atoms with Crippen LogP contribution < -0.4 is 10.6 Å². The summed E-state index contributed by atoms with van der Waals surface area (Å²) in [5.74, 6) is -0.799. The lowest BCUT2D eigenvalue weighted by Gasteiger charge is -2.09. The van der Waals surface area contributed by atoms with Crippen LogP contribution in [0.2, 0.25) is 5.02 Å². The van der Waals surface area contributed by atoms with Crippen molar-refractivity contribution < 1.29 is 9.18 Å². The molecule has 2 N–H and O–H groups in total. The molecule has 1 heterocycles. The molecule has 0 saturated carbocycles. The van der Waals surface area contributed by atoms with Crippen LogP contribution >= 0.6 is 22.9 Å². The maximum Gasteiger partial charge on any atom is 0.255 e. The number of halogens is 2. The normalized spacial score (nSPS) is 10.4.